The lowest BCUT2D eigenvalue weighted by molar-refractivity contribution is 0.345. The maximum Gasteiger partial charge on any atom is 0.222 e. The van der Waals surface area contributed by atoms with Crippen molar-refractivity contribution >= 4 is 42.2 Å². The lowest BCUT2D eigenvalue weighted by Gasteiger charge is -2.32. The summed E-state index contributed by atoms with van der Waals surface area (Å²) < 4.78 is 2.11. The number of anilines is 2. The van der Waals surface area contributed by atoms with Gasteiger partial charge < -0.3 is 20.8 Å². The number of halogens is 2. The van der Waals surface area contributed by atoms with Crippen LogP contribution in [0.3, 0.4) is 0 Å². The van der Waals surface area contributed by atoms with E-state index in [0.717, 1.165) is 41.4 Å². The second-order valence-corrected chi connectivity index (χ2v) is 6.87. The van der Waals surface area contributed by atoms with Crippen LogP contribution < -0.4 is 16.4 Å². The lowest BCUT2D eigenvalue weighted by Crippen LogP contribution is -2.35. The van der Waals surface area contributed by atoms with Gasteiger partial charge >= 0.3 is 0 Å². The highest BCUT2D eigenvalue weighted by Crippen LogP contribution is 2.35. The molecule has 9 heteroatoms. The predicted octanol–water partition coefficient (Wildman–Crippen LogP) is 2.70. The van der Waals surface area contributed by atoms with Gasteiger partial charge in [0.25, 0.3) is 0 Å². The number of nitrogens with two attached hydrogens (primary N) is 2. The Morgan fingerprint density at radius 1 is 1.19 bits per heavy atom. The predicted molar refractivity (Wildman–Crippen MR) is 113 cm³/mol. The van der Waals surface area contributed by atoms with Crippen LogP contribution in [0, 0.1) is 6.92 Å². The Balaban J connectivity index is 0.00000131. The number of hydrogen-bond donors (Lipinski definition) is 2. The number of pyridine rings is 1. The Morgan fingerprint density at radius 3 is 2.63 bits per heavy atom. The average molecular weight is 410 g/mol. The molecule has 0 unspecified atom stereocenters. The molecule has 0 spiro atoms. The first-order valence-electron chi connectivity index (χ1n) is 8.55. The molecule has 4 N–H and O–H groups in total. The first kappa shape index (κ1) is 21.2. The van der Waals surface area contributed by atoms with Gasteiger partial charge in [-0.2, -0.15) is 4.98 Å². The van der Waals surface area contributed by atoms with Gasteiger partial charge in [-0.05, 0) is 31.9 Å². The van der Waals surface area contributed by atoms with Crippen LogP contribution in [0.25, 0.3) is 5.65 Å². The van der Waals surface area contributed by atoms with Gasteiger partial charge in [-0.25, -0.2) is 9.97 Å². The average Bonchev–Trinajstić information content (AvgIpc) is 2.87. The van der Waals surface area contributed by atoms with Gasteiger partial charge in [-0.3, -0.25) is 0 Å². The first-order valence-corrected chi connectivity index (χ1v) is 8.55. The zero-order chi connectivity index (χ0) is 17.6. The highest BCUT2D eigenvalue weighted by Gasteiger charge is 2.29. The number of aromatic nitrogens is 4. The van der Waals surface area contributed by atoms with Crippen LogP contribution in [0.1, 0.15) is 35.8 Å². The molecule has 1 aliphatic rings. The topological polar surface area (TPSA) is 98.4 Å². The molecule has 0 atom stereocenters. The van der Waals surface area contributed by atoms with E-state index in [1.807, 2.05) is 44.4 Å². The molecule has 0 aliphatic heterocycles. The summed E-state index contributed by atoms with van der Waals surface area (Å²) in [6.45, 7) is 2.72. The smallest absolute Gasteiger partial charge is 0.222 e. The van der Waals surface area contributed by atoms with Gasteiger partial charge in [-0.15, -0.1) is 24.8 Å². The van der Waals surface area contributed by atoms with E-state index < -0.39 is 0 Å². The molecule has 0 radical (unpaired) electrons. The maximum atomic E-state index is 5.94. The summed E-state index contributed by atoms with van der Waals surface area (Å²) in [4.78, 5) is 15.5. The minimum absolute atomic E-state index is 0. The van der Waals surface area contributed by atoms with Crippen LogP contribution >= 0.6 is 24.8 Å². The number of rotatable bonds is 4. The minimum Gasteiger partial charge on any atom is -0.368 e. The normalized spacial score (nSPS) is 18.3. The zero-order valence-electron chi connectivity index (χ0n) is 15.4. The van der Waals surface area contributed by atoms with Gasteiger partial charge in [0.1, 0.15) is 11.5 Å². The summed E-state index contributed by atoms with van der Waals surface area (Å²) in [5, 5.41) is 0. The molecule has 3 aromatic rings. The van der Waals surface area contributed by atoms with Crippen molar-refractivity contribution in [2.24, 2.45) is 5.73 Å². The van der Waals surface area contributed by atoms with Gasteiger partial charge in [0.2, 0.25) is 5.95 Å². The van der Waals surface area contributed by atoms with E-state index in [1.165, 1.54) is 0 Å². The van der Waals surface area contributed by atoms with E-state index in [4.69, 9.17) is 11.5 Å². The molecule has 146 valence electrons. The molecule has 3 heterocycles. The van der Waals surface area contributed by atoms with E-state index in [0.29, 0.717) is 18.4 Å². The van der Waals surface area contributed by atoms with Crippen LogP contribution in [-0.4, -0.2) is 32.4 Å². The van der Waals surface area contributed by atoms with Crippen molar-refractivity contribution in [2.75, 3.05) is 17.7 Å². The number of nitrogens with zero attached hydrogens (tertiary/aromatic N) is 5. The van der Waals surface area contributed by atoms with E-state index in [9.17, 15) is 0 Å². The van der Waals surface area contributed by atoms with Gasteiger partial charge in [0.05, 0.1) is 23.6 Å². The summed E-state index contributed by atoms with van der Waals surface area (Å²) in [5.41, 5.74) is 16.0. The third-order valence-electron chi connectivity index (χ3n) is 4.95. The number of fused-ring (bicyclic) bond motifs is 1. The van der Waals surface area contributed by atoms with E-state index >= 15 is 0 Å². The molecule has 0 bridgehead atoms. The summed E-state index contributed by atoms with van der Waals surface area (Å²) in [7, 11) is 2.01. The molecular weight excluding hydrogens is 385 g/mol. The summed E-state index contributed by atoms with van der Waals surface area (Å²) in [5.74, 6) is 1.54. The van der Waals surface area contributed by atoms with Crippen LogP contribution in [0.5, 0.6) is 0 Å². The molecule has 27 heavy (non-hydrogen) atoms. The van der Waals surface area contributed by atoms with Crippen molar-refractivity contribution in [3.05, 3.63) is 47.5 Å². The fourth-order valence-corrected chi connectivity index (χ4v) is 3.44. The van der Waals surface area contributed by atoms with Crippen molar-refractivity contribution in [1.82, 2.24) is 19.4 Å². The summed E-state index contributed by atoms with van der Waals surface area (Å²) in [6, 6.07) is 8.33. The van der Waals surface area contributed by atoms with Gasteiger partial charge in [-0.1, -0.05) is 6.07 Å². The molecule has 0 amide bonds. The zero-order valence-corrected chi connectivity index (χ0v) is 17.0. The number of hydrogen-bond acceptors (Lipinski definition) is 6. The van der Waals surface area contributed by atoms with Crippen molar-refractivity contribution in [1.29, 1.82) is 0 Å². The van der Waals surface area contributed by atoms with Gasteiger partial charge in [0.15, 0.2) is 0 Å². The van der Waals surface area contributed by atoms with Crippen LogP contribution in [-0.2, 0) is 6.54 Å². The maximum absolute atomic E-state index is 5.94. The van der Waals surface area contributed by atoms with Crippen LogP contribution in [0.4, 0.5) is 11.8 Å². The van der Waals surface area contributed by atoms with Crippen molar-refractivity contribution in [3.8, 4) is 0 Å². The Morgan fingerprint density at radius 2 is 1.93 bits per heavy atom. The third kappa shape index (κ3) is 4.10. The van der Waals surface area contributed by atoms with Crippen LogP contribution in [0.2, 0.25) is 0 Å². The summed E-state index contributed by atoms with van der Waals surface area (Å²) in [6.07, 6.45) is 3.96. The Bertz CT molecular complexity index is 921. The minimum atomic E-state index is 0. The second-order valence-electron chi connectivity index (χ2n) is 6.87. The lowest BCUT2D eigenvalue weighted by atomic mass is 9.78. The highest BCUT2D eigenvalue weighted by molar-refractivity contribution is 5.85. The van der Waals surface area contributed by atoms with E-state index in [2.05, 4.69) is 24.3 Å². The standard InChI is InChI=1S/C18H23N7.2ClH/c1-11-15(25-6-4-3-5-16(25)21-11)10-24(2)17-9-14(22-18(20)23-17)12-7-13(19)8-12;;/h3-6,9,12-13H,7-8,10,19H2,1-2H3,(H2,20,22,23);2*1H. The molecule has 3 aromatic heterocycles. The molecular formula is C18H25Cl2N7. The van der Waals surface area contributed by atoms with Crippen molar-refractivity contribution < 1.29 is 0 Å². The Hall–Kier alpha value is -2.09. The Labute approximate surface area is 171 Å². The summed E-state index contributed by atoms with van der Waals surface area (Å²) >= 11 is 0. The molecule has 0 saturated heterocycles. The fraction of sp³-hybridized carbons (Fsp3) is 0.389. The third-order valence-corrected chi connectivity index (χ3v) is 4.95. The second kappa shape index (κ2) is 8.29. The van der Waals surface area contributed by atoms with Gasteiger partial charge in [0, 0.05) is 31.3 Å². The first-order chi connectivity index (χ1) is 12.0. The molecule has 1 fully saturated rings. The number of aryl methyl sites for hydroxylation is 1. The SMILES string of the molecule is Cc1nc2ccccn2c1CN(C)c1cc(C2CC(N)C2)nc(N)n1.Cl.Cl. The van der Waals surface area contributed by atoms with Crippen LogP contribution in [0.15, 0.2) is 30.5 Å². The molecule has 7 nitrogen and oxygen atoms in total. The monoisotopic (exact) mass is 409 g/mol. The van der Waals surface area contributed by atoms with Crippen molar-refractivity contribution in [2.45, 2.75) is 38.3 Å². The number of imidazole rings is 1. The highest BCUT2D eigenvalue weighted by atomic mass is 35.5. The largest absolute Gasteiger partial charge is 0.368 e. The molecule has 0 aromatic carbocycles. The molecule has 1 aliphatic carbocycles. The quantitative estimate of drug-likeness (QED) is 0.686. The molecule has 1 saturated carbocycles. The van der Waals surface area contributed by atoms with Crippen molar-refractivity contribution in [3.63, 3.8) is 0 Å². The molecule has 4 rings (SSSR count). The fourth-order valence-electron chi connectivity index (χ4n) is 3.44. The van der Waals surface area contributed by atoms with E-state index in [-0.39, 0.29) is 30.9 Å². The van der Waals surface area contributed by atoms with E-state index in [1.54, 1.807) is 0 Å². The Kier molecular flexibility index (Phi) is 6.51. The number of nitrogen functional groups attached to an aromatic ring is 1.